The zero-order valence-corrected chi connectivity index (χ0v) is 13.8. The third-order valence-electron chi connectivity index (χ3n) is 3.26. The number of halogens is 2. The summed E-state index contributed by atoms with van der Waals surface area (Å²) in [5, 5.41) is 10.5. The van der Waals surface area contributed by atoms with Gasteiger partial charge in [0.1, 0.15) is 5.82 Å². The molecule has 0 aliphatic heterocycles. The van der Waals surface area contributed by atoms with Crippen LogP contribution >= 0.6 is 11.6 Å². The summed E-state index contributed by atoms with van der Waals surface area (Å²) in [6.45, 7) is 0.0917. The highest BCUT2D eigenvalue weighted by molar-refractivity contribution is 7.88. The summed E-state index contributed by atoms with van der Waals surface area (Å²) in [5.74, 6) is -0.541. The van der Waals surface area contributed by atoms with Crippen LogP contribution in [0.4, 0.5) is 4.39 Å². The van der Waals surface area contributed by atoms with Crippen molar-refractivity contribution < 1.29 is 17.9 Å². The van der Waals surface area contributed by atoms with Gasteiger partial charge in [-0.05, 0) is 41.8 Å². The first-order chi connectivity index (χ1) is 10.9. The Labute approximate surface area is 140 Å². The second-order valence-electron chi connectivity index (χ2n) is 5.14. The standard InChI is InChI=1S/C16H17ClFNO3S/c17-14-5-1-12(2-6-14)11-23(21,22)19-10-9-16(20)13-3-7-15(18)8-4-13/h1-8,16,19-20H,9-11H2. The van der Waals surface area contributed by atoms with Crippen LogP contribution in [0.5, 0.6) is 0 Å². The van der Waals surface area contributed by atoms with E-state index >= 15 is 0 Å². The van der Waals surface area contributed by atoms with Crippen LogP contribution in [-0.2, 0) is 15.8 Å². The third-order valence-corrected chi connectivity index (χ3v) is 4.87. The lowest BCUT2D eigenvalue weighted by Gasteiger charge is -2.12. The minimum Gasteiger partial charge on any atom is -0.388 e. The predicted molar refractivity (Wildman–Crippen MR) is 88.1 cm³/mol. The van der Waals surface area contributed by atoms with Gasteiger partial charge in [0.05, 0.1) is 11.9 Å². The van der Waals surface area contributed by atoms with Gasteiger partial charge in [0.25, 0.3) is 0 Å². The van der Waals surface area contributed by atoms with Gasteiger partial charge in [0.15, 0.2) is 0 Å². The maximum atomic E-state index is 12.8. The predicted octanol–water partition coefficient (Wildman–Crippen LogP) is 3.02. The fourth-order valence-electron chi connectivity index (χ4n) is 2.05. The Morgan fingerprint density at radius 1 is 1.09 bits per heavy atom. The highest BCUT2D eigenvalue weighted by Crippen LogP contribution is 2.17. The van der Waals surface area contributed by atoms with E-state index in [2.05, 4.69) is 4.72 Å². The lowest BCUT2D eigenvalue weighted by atomic mass is 10.1. The van der Waals surface area contributed by atoms with E-state index in [0.717, 1.165) is 0 Å². The fourth-order valence-corrected chi connectivity index (χ4v) is 3.34. The summed E-state index contributed by atoms with van der Waals surface area (Å²) >= 11 is 5.75. The van der Waals surface area contributed by atoms with Crippen molar-refractivity contribution in [1.82, 2.24) is 4.72 Å². The maximum absolute atomic E-state index is 12.8. The molecule has 2 aromatic rings. The van der Waals surface area contributed by atoms with Gasteiger partial charge in [0, 0.05) is 11.6 Å². The molecule has 2 N–H and O–H groups in total. The van der Waals surface area contributed by atoms with E-state index < -0.39 is 16.1 Å². The molecule has 4 nitrogen and oxygen atoms in total. The number of benzene rings is 2. The molecule has 0 aliphatic carbocycles. The van der Waals surface area contributed by atoms with E-state index in [1.54, 1.807) is 24.3 Å². The monoisotopic (exact) mass is 357 g/mol. The molecule has 124 valence electrons. The Balaban J connectivity index is 1.84. The minimum atomic E-state index is -3.50. The number of nitrogens with one attached hydrogen (secondary N) is 1. The number of hydrogen-bond acceptors (Lipinski definition) is 3. The van der Waals surface area contributed by atoms with Crippen LogP contribution in [0, 0.1) is 5.82 Å². The number of sulfonamides is 1. The van der Waals surface area contributed by atoms with Crippen molar-refractivity contribution >= 4 is 21.6 Å². The quantitative estimate of drug-likeness (QED) is 0.800. The summed E-state index contributed by atoms with van der Waals surface area (Å²) in [7, 11) is -3.50. The maximum Gasteiger partial charge on any atom is 0.215 e. The van der Waals surface area contributed by atoms with Crippen LogP contribution in [0.3, 0.4) is 0 Å². The molecule has 7 heteroatoms. The van der Waals surface area contributed by atoms with Crippen molar-refractivity contribution in [3.05, 3.63) is 70.5 Å². The molecule has 0 spiro atoms. The van der Waals surface area contributed by atoms with Gasteiger partial charge in [0.2, 0.25) is 10.0 Å². The van der Waals surface area contributed by atoms with Crippen molar-refractivity contribution in [3.8, 4) is 0 Å². The highest BCUT2D eigenvalue weighted by atomic mass is 35.5. The van der Waals surface area contributed by atoms with Gasteiger partial charge >= 0.3 is 0 Å². The number of aliphatic hydroxyl groups is 1. The molecule has 0 saturated heterocycles. The van der Waals surface area contributed by atoms with E-state index in [0.29, 0.717) is 16.1 Å². The first-order valence-corrected chi connectivity index (χ1v) is 9.04. The van der Waals surface area contributed by atoms with Crippen LogP contribution in [0.1, 0.15) is 23.7 Å². The largest absolute Gasteiger partial charge is 0.388 e. The Kier molecular flexibility index (Phi) is 6.12. The van der Waals surface area contributed by atoms with Crippen molar-refractivity contribution in [2.75, 3.05) is 6.54 Å². The van der Waals surface area contributed by atoms with Crippen LogP contribution in [0.15, 0.2) is 48.5 Å². The lowest BCUT2D eigenvalue weighted by Crippen LogP contribution is -2.27. The molecule has 0 heterocycles. The summed E-state index contributed by atoms with van der Waals surface area (Å²) in [6.07, 6.45) is -0.653. The lowest BCUT2D eigenvalue weighted by molar-refractivity contribution is 0.169. The molecule has 1 atom stereocenters. The van der Waals surface area contributed by atoms with E-state index in [1.165, 1.54) is 24.3 Å². The van der Waals surface area contributed by atoms with Gasteiger partial charge in [-0.25, -0.2) is 17.5 Å². The van der Waals surface area contributed by atoms with Crippen LogP contribution in [0.25, 0.3) is 0 Å². The second-order valence-corrected chi connectivity index (χ2v) is 7.38. The Hall–Kier alpha value is -1.47. The summed E-state index contributed by atoms with van der Waals surface area (Å²) in [6, 6.07) is 12.0. The smallest absolute Gasteiger partial charge is 0.215 e. The average molecular weight is 358 g/mol. The van der Waals surface area contributed by atoms with Crippen LogP contribution in [-0.4, -0.2) is 20.1 Å². The minimum absolute atomic E-state index is 0.0917. The SMILES string of the molecule is O=S(=O)(Cc1ccc(Cl)cc1)NCCC(O)c1ccc(F)cc1. The number of hydrogen-bond donors (Lipinski definition) is 2. The molecule has 0 saturated carbocycles. The van der Waals surface area contributed by atoms with Crippen LogP contribution in [0.2, 0.25) is 5.02 Å². The van der Waals surface area contributed by atoms with E-state index in [-0.39, 0.29) is 24.5 Å². The summed E-state index contributed by atoms with van der Waals surface area (Å²) < 4.78 is 39.2. The number of aliphatic hydroxyl groups excluding tert-OH is 1. The van der Waals surface area contributed by atoms with Gasteiger partial charge < -0.3 is 5.11 Å². The Bertz CT molecular complexity index is 733. The molecule has 0 amide bonds. The molecule has 1 unspecified atom stereocenters. The molecule has 23 heavy (non-hydrogen) atoms. The number of rotatable bonds is 7. The molecule has 2 rings (SSSR count). The van der Waals surface area contributed by atoms with Gasteiger partial charge in [-0.2, -0.15) is 0 Å². The second kappa shape index (κ2) is 7.88. The average Bonchev–Trinajstić information content (AvgIpc) is 2.50. The van der Waals surface area contributed by atoms with Crippen molar-refractivity contribution in [3.63, 3.8) is 0 Å². The molecule has 2 aromatic carbocycles. The molecular formula is C16H17ClFNO3S. The van der Waals surface area contributed by atoms with Gasteiger partial charge in [-0.15, -0.1) is 0 Å². The Morgan fingerprint density at radius 2 is 1.70 bits per heavy atom. The highest BCUT2D eigenvalue weighted by Gasteiger charge is 2.13. The summed E-state index contributed by atoms with van der Waals surface area (Å²) in [5.41, 5.74) is 1.17. The summed E-state index contributed by atoms with van der Waals surface area (Å²) in [4.78, 5) is 0. The molecular weight excluding hydrogens is 341 g/mol. The van der Waals surface area contributed by atoms with Crippen molar-refractivity contribution in [2.45, 2.75) is 18.3 Å². The van der Waals surface area contributed by atoms with Crippen molar-refractivity contribution in [1.29, 1.82) is 0 Å². The van der Waals surface area contributed by atoms with Crippen LogP contribution < -0.4 is 4.72 Å². The van der Waals surface area contributed by atoms with E-state index in [1.807, 2.05) is 0 Å². The van der Waals surface area contributed by atoms with Gasteiger partial charge in [-0.3, -0.25) is 0 Å². The zero-order chi connectivity index (χ0) is 16.9. The molecule has 0 aliphatic rings. The first kappa shape index (κ1) is 17.9. The zero-order valence-electron chi connectivity index (χ0n) is 12.2. The molecule has 0 radical (unpaired) electrons. The molecule has 0 bridgehead atoms. The molecule has 0 fully saturated rings. The third kappa shape index (κ3) is 5.91. The fraction of sp³-hybridized carbons (Fsp3) is 0.250. The van der Waals surface area contributed by atoms with Gasteiger partial charge in [-0.1, -0.05) is 35.9 Å². The first-order valence-electron chi connectivity index (χ1n) is 7.01. The molecule has 0 aromatic heterocycles. The Morgan fingerprint density at radius 3 is 2.30 bits per heavy atom. The van der Waals surface area contributed by atoms with E-state index in [4.69, 9.17) is 11.6 Å². The van der Waals surface area contributed by atoms with Crippen molar-refractivity contribution in [2.24, 2.45) is 0 Å². The topological polar surface area (TPSA) is 66.4 Å². The van der Waals surface area contributed by atoms with E-state index in [9.17, 15) is 17.9 Å². The normalized spacial score (nSPS) is 13.0.